The molecule has 0 aromatic carbocycles. The average molecular weight is 543 g/mol. The summed E-state index contributed by atoms with van der Waals surface area (Å²) in [5.74, 6) is -0.194. The summed E-state index contributed by atoms with van der Waals surface area (Å²) in [6.07, 6.45) is 0.0645. The van der Waals surface area contributed by atoms with Gasteiger partial charge in [-0.2, -0.15) is 0 Å². The van der Waals surface area contributed by atoms with Crippen LogP contribution in [0.3, 0.4) is 0 Å². The van der Waals surface area contributed by atoms with Crippen molar-refractivity contribution in [2.24, 2.45) is 21.7 Å². The zero-order valence-electron chi connectivity index (χ0n) is 25.6. The molecule has 7 atom stereocenters. The summed E-state index contributed by atoms with van der Waals surface area (Å²) in [6.45, 7) is 20.9. The highest BCUT2D eigenvalue weighted by Crippen LogP contribution is 2.38. The van der Waals surface area contributed by atoms with E-state index < -0.39 is 48.0 Å². The summed E-state index contributed by atoms with van der Waals surface area (Å²) in [5, 5.41) is 59.1. The average Bonchev–Trinajstić information content (AvgIpc) is 2.80. The van der Waals surface area contributed by atoms with Gasteiger partial charge >= 0.3 is 0 Å². The van der Waals surface area contributed by atoms with E-state index in [1.54, 1.807) is 12.2 Å². The number of aliphatic hydroxyl groups is 5. The van der Waals surface area contributed by atoms with Gasteiger partial charge in [0.15, 0.2) is 0 Å². The molecule has 0 aromatic rings. The third kappa shape index (κ3) is 12.4. The van der Waals surface area contributed by atoms with Crippen molar-refractivity contribution in [3.63, 3.8) is 0 Å². The number of carbonyl (C=O) groups excluding carboxylic acids is 1. The molecule has 0 saturated heterocycles. The van der Waals surface area contributed by atoms with E-state index >= 15 is 0 Å². The van der Waals surface area contributed by atoms with Crippen molar-refractivity contribution in [1.29, 1.82) is 0 Å². The van der Waals surface area contributed by atoms with Gasteiger partial charge < -0.3 is 36.2 Å². The van der Waals surface area contributed by atoms with E-state index in [4.69, 9.17) is 0 Å². The molecule has 1 rings (SSSR count). The maximum atomic E-state index is 13.1. The van der Waals surface area contributed by atoms with Crippen molar-refractivity contribution in [2.45, 2.75) is 144 Å². The quantitative estimate of drug-likeness (QED) is 0.188. The van der Waals surface area contributed by atoms with Gasteiger partial charge in [-0.15, -0.1) is 0 Å². The first kappa shape index (κ1) is 35.0. The molecule has 0 aliphatic heterocycles. The van der Waals surface area contributed by atoms with E-state index in [1.807, 2.05) is 13.8 Å². The minimum absolute atomic E-state index is 0.00337. The van der Waals surface area contributed by atoms with Crippen LogP contribution in [-0.4, -0.2) is 80.6 Å². The molecule has 1 amide bonds. The maximum Gasteiger partial charge on any atom is 0.220 e. The van der Waals surface area contributed by atoms with E-state index in [9.17, 15) is 30.3 Å². The van der Waals surface area contributed by atoms with Gasteiger partial charge in [0.2, 0.25) is 5.91 Å². The molecule has 1 aliphatic carbocycles. The van der Waals surface area contributed by atoms with E-state index in [0.29, 0.717) is 0 Å². The number of amides is 1. The number of aliphatic hydroxyl groups excluding tert-OH is 5. The summed E-state index contributed by atoms with van der Waals surface area (Å²) in [7, 11) is 0. The maximum absolute atomic E-state index is 13.1. The number of nitrogens with one attached hydrogen (secondary N) is 2. The lowest BCUT2D eigenvalue weighted by Crippen LogP contribution is -2.56. The second-order valence-electron chi connectivity index (χ2n) is 15.4. The Morgan fingerprint density at radius 1 is 0.895 bits per heavy atom. The van der Waals surface area contributed by atoms with Gasteiger partial charge in [0.05, 0.1) is 30.4 Å². The minimum Gasteiger partial charge on any atom is -0.392 e. The van der Waals surface area contributed by atoms with Crippen LogP contribution in [0.25, 0.3) is 0 Å². The van der Waals surface area contributed by atoms with Gasteiger partial charge in [-0.05, 0) is 40.9 Å². The van der Waals surface area contributed by atoms with Gasteiger partial charge in [0, 0.05) is 19.4 Å². The molecular formula is C30H58N2O6. The van der Waals surface area contributed by atoms with Crippen molar-refractivity contribution in [3.05, 3.63) is 12.2 Å². The van der Waals surface area contributed by atoms with Crippen LogP contribution in [0.5, 0.6) is 0 Å². The normalized spacial score (nSPS) is 26.0. The van der Waals surface area contributed by atoms with Crippen LogP contribution < -0.4 is 10.6 Å². The summed E-state index contributed by atoms with van der Waals surface area (Å²) < 4.78 is 0. The van der Waals surface area contributed by atoms with Crippen molar-refractivity contribution in [2.75, 3.05) is 6.54 Å². The summed E-state index contributed by atoms with van der Waals surface area (Å²) in [5.41, 5.74) is -0.646. The Balaban J connectivity index is 3.04. The highest BCUT2D eigenvalue weighted by molar-refractivity contribution is 5.77. The Hall–Kier alpha value is -1.03. The first-order valence-corrected chi connectivity index (χ1v) is 14.1. The van der Waals surface area contributed by atoms with E-state index in [0.717, 1.165) is 12.8 Å². The molecule has 0 heterocycles. The highest BCUT2D eigenvalue weighted by Gasteiger charge is 2.37. The van der Waals surface area contributed by atoms with Gasteiger partial charge in [-0.25, -0.2) is 0 Å². The van der Waals surface area contributed by atoms with Crippen LogP contribution in [0.2, 0.25) is 0 Å². The molecule has 0 bridgehead atoms. The first-order chi connectivity index (χ1) is 17.0. The lowest BCUT2D eigenvalue weighted by Gasteiger charge is -2.38. The second kappa shape index (κ2) is 13.6. The second-order valence-corrected chi connectivity index (χ2v) is 15.4. The molecule has 0 spiro atoms. The summed E-state index contributed by atoms with van der Waals surface area (Å²) in [4.78, 5) is 13.1. The van der Waals surface area contributed by atoms with Crippen LogP contribution in [0, 0.1) is 21.7 Å². The van der Waals surface area contributed by atoms with Crippen molar-refractivity contribution < 1.29 is 30.3 Å². The number of hydrogen-bond donors (Lipinski definition) is 7. The molecule has 0 fully saturated rings. The highest BCUT2D eigenvalue weighted by atomic mass is 16.4. The van der Waals surface area contributed by atoms with E-state index in [2.05, 4.69) is 66.0 Å². The van der Waals surface area contributed by atoms with Gasteiger partial charge in [0.1, 0.15) is 12.2 Å². The third-order valence-electron chi connectivity index (χ3n) is 7.22. The lowest BCUT2D eigenvalue weighted by atomic mass is 9.71. The topological polar surface area (TPSA) is 142 Å². The molecule has 8 nitrogen and oxygen atoms in total. The Labute approximate surface area is 231 Å². The number of rotatable bonds is 12. The Morgan fingerprint density at radius 3 is 1.97 bits per heavy atom. The van der Waals surface area contributed by atoms with E-state index in [-0.39, 0.29) is 48.0 Å². The molecular weight excluding hydrogens is 484 g/mol. The smallest absolute Gasteiger partial charge is 0.220 e. The van der Waals surface area contributed by atoms with Crippen LogP contribution in [-0.2, 0) is 4.79 Å². The van der Waals surface area contributed by atoms with Crippen molar-refractivity contribution in [1.82, 2.24) is 10.6 Å². The Bertz CT molecular complexity index is 768. The minimum atomic E-state index is -1.32. The monoisotopic (exact) mass is 542 g/mol. The molecule has 8 heteroatoms. The zero-order valence-corrected chi connectivity index (χ0v) is 25.6. The lowest BCUT2D eigenvalue weighted by molar-refractivity contribution is -0.125. The zero-order chi connectivity index (χ0) is 29.7. The fourth-order valence-electron chi connectivity index (χ4n) is 6.18. The third-order valence-corrected chi connectivity index (χ3v) is 7.22. The number of carbonyl (C=O) groups is 1. The largest absolute Gasteiger partial charge is 0.392 e. The van der Waals surface area contributed by atoms with Gasteiger partial charge in [-0.1, -0.05) is 81.4 Å². The predicted molar refractivity (Wildman–Crippen MR) is 152 cm³/mol. The standard InChI is InChI=1S/C30H58N2O6/c1-27(2,3)17-29(7,8)15-24(36)32-20(16-31-19-12-11-13-21(33)26(38)25(19)37)22(34)14-23(35)30(9,10)18-28(4,5)6/h11-12,19-23,25-26,31,33-35,37-38H,13-18H2,1-10H3,(H,32,36). The summed E-state index contributed by atoms with van der Waals surface area (Å²) in [6, 6.07) is -1.41. The SMILES string of the molecule is CC(C)(C)CC(C)(C)CC(=O)NC(CNC1C=CCC(O)C(O)C1O)C(O)CC(O)C(C)(C)CC(C)(C)C. The molecule has 7 unspecified atom stereocenters. The van der Waals surface area contributed by atoms with Gasteiger partial charge in [0.25, 0.3) is 0 Å². The van der Waals surface area contributed by atoms with Crippen molar-refractivity contribution >= 4 is 5.91 Å². The van der Waals surface area contributed by atoms with Crippen molar-refractivity contribution in [3.8, 4) is 0 Å². The van der Waals surface area contributed by atoms with E-state index in [1.165, 1.54) is 0 Å². The molecule has 38 heavy (non-hydrogen) atoms. The fraction of sp³-hybridized carbons (Fsp3) is 0.900. The Kier molecular flexibility index (Phi) is 12.5. The predicted octanol–water partition coefficient (Wildman–Crippen LogP) is 2.90. The molecule has 0 aromatic heterocycles. The molecule has 7 N–H and O–H groups in total. The van der Waals surface area contributed by atoms with Gasteiger partial charge in [-0.3, -0.25) is 4.79 Å². The molecule has 1 aliphatic rings. The number of hydrogen-bond acceptors (Lipinski definition) is 7. The Morgan fingerprint density at radius 2 is 1.45 bits per heavy atom. The van der Waals surface area contributed by atoms with Crippen LogP contribution >= 0.6 is 0 Å². The molecule has 0 saturated carbocycles. The van der Waals surface area contributed by atoms with Crippen LogP contribution in [0.4, 0.5) is 0 Å². The molecule has 224 valence electrons. The van der Waals surface area contributed by atoms with Crippen LogP contribution in [0.1, 0.15) is 101 Å². The van der Waals surface area contributed by atoms with Crippen LogP contribution in [0.15, 0.2) is 12.2 Å². The fourth-order valence-corrected chi connectivity index (χ4v) is 6.18. The molecule has 0 radical (unpaired) electrons. The summed E-state index contributed by atoms with van der Waals surface area (Å²) >= 11 is 0. The first-order valence-electron chi connectivity index (χ1n) is 14.1.